The number of anilines is 3. The number of carbonyl (C=O) groups is 1. The van der Waals surface area contributed by atoms with Crippen molar-refractivity contribution >= 4 is 34.8 Å². The largest absolute Gasteiger partial charge is 0.497 e. The monoisotopic (exact) mass is 354 g/mol. The van der Waals surface area contributed by atoms with Crippen LogP contribution in [0.15, 0.2) is 60.8 Å². The smallest absolute Gasteiger partial charge is 0.274 e. The van der Waals surface area contributed by atoms with E-state index in [0.717, 1.165) is 5.69 Å². The van der Waals surface area contributed by atoms with Gasteiger partial charge < -0.3 is 15.4 Å². The standard InChI is InChI=1S/C18H15ClN4O2/c1-25-15-4-2-3-14(11-15)22-18-20-10-9-16(23-18)17(24)21-13-7-5-12(19)6-8-13/h2-11H,1H3,(H,21,24)(H,20,22,23). The number of aromatic nitrogens is 2. The summed E-state index contributed by atoms with van der Waals surface area (Å²) in [7, 11) is 1.59. The fraction of sp³-hybridized carbons (Fsp3) is 0.0556. The van der Waals surface area contributed by atoms with E-state index in [2.05, 4.69) is 20.6 Å². The quantitative estimate of drug-likeness (QED) is 0.720. The molecule has 1 heterocycles. The van der Waals surface area contributed by atoms with Gasteiger partial charge in [-0.25, -0.2) is 9.97 Å². The van der Waals surface area contributed by atoms with E-state index in [1.54, 1.807) is 37.4 Å². The molecule has 2 N–H and O–H groups in total. The number of benzene rings is 2. The van der Waals surface area contributed by atoms with Gasteiger partial charge in [0.25, 0.3) is 5.91 Å². The molecule has 0 spiro atoms. The Morgan fingerprint density at radius 3 is 2.64 bits per heavy atom. The highest BCUT2D eigenvalue weighted by Crippen LogP contribution is 2.19. The number of carbonyl (C=O) groups excluding carboxylic acids is 1. The van der Waals surface area contributed by atoms with Crippen molar-refractivity contribution in [2.75, 3.05) is 17.7 Å². The third-order valence-electron chi connectivity index (χ3n) is 3.32. The molecule has 0 fully saturated rings. The second kappa shape index (κ2) is 7.63. The highest BCUT2D eigenvalue weighted by Gasteiger charge is 2.09. The van der Waals surface area contributed by atoms with Crippen LogP contribution in [0.3, 0.4) is 0 Å². The van der Waals surface area contributed by atoms with E-state index in [4.69, 9.17) is 16.3 Å². The number of rotatable bonds is 5. The van der Waals surface area contributed by atoms with Crippen LogP contribution < -0.4 is 15.4 Å². The zero-order chi connectivity index (χ0) is 17.6. The van der Waals surface area contributed by atoms with Crippen molar-refractivity contribution in [3.05, 3.63) is 71.5 Å². The van der Waals surface area contributed by atoms with Crippen molar-refractivity contribution < 1.29 is 9.53 Å². The summed E-state index contributed by atoms with van der Waals surface area (Å²) in [6.45, 7) is 0. The van der Waals surface area contributed by atoms with Gasteiger partial charge in [0.15, 0.2) is 0 Å². The summed E-state index contributed by atoms with van der Waals surface area (Å²) in [6.07, 6.45) is 1.52. The molecule has 0 unspecified atom stereocenters. The Kier molecular flexibility index (Phi) is 5.11. The number of nitrogens with zero attached hydrogens (tertiary/aromatic N) is 2. The zero-order valence-electron chi connectivity index (χ0n) is 13.4. The molecule has 0 aliphatic carbocycles. The topological polar surface area (TPSA) is 76.1 Å². The average molecular weight is 355 g/mol. The summed E-state index contributed by atoms with van der Waals surface area (Å²) >= 11 is 5.83. The highest BCUT2D eigenvalue weighted by atomic mass is 35.5. The van der Waals surface area contributed by atoms with Crippen LogP contribution in [-0.4, -0.2) is 23.0 Å². The Morgan fingerprint density at radius 1 is 1.08 bits per heavy atom. The van der Waals surface area contributed by atoms with Crippen LogP contribution >= 0.6 is 11.6 Å². The summed E-state index contributed by atoms with van der Waals surface area (Å²) in [5.74, 6) is 0.692. The first-order valence-corrected chi connectivity index (χ1v) is 7.83. The molecule has 2 aromatic carbocycles. The Hall–Kier alpha value is -3.12. The highest BCUT2D eigenvalue weighted by molar-refractivity contribution is 6.30. The van der Waals surface area contributed by atoms with Gasteiger partial charge in [0.1, 0.15) is 11.4 Å². The molecule has 0 aliphatic heterocycles. The van der Waals surface area contributed by atoms with E-state index < -0.39 is 0 Å². The van der Waals surface area contributed by atoms with Crippen LogP contribution in [0.4, 0.5) is 17.3 Å². The molecule has 0 aliphatic rings. The second-order valence-corrected chi connectivity index (χ2v) is 5.52. The number of hydrogen-bond acceptors (Lipinski definition) is 5. The Morgan fingerprint density at radius 2 is 1.88 bits per heavy atom. The summed E-state index contributed by atoms with van der Waals surface area (Å²) in [4.78, 5) is 20.7. The lowest BCUT2D eigenvalue weighted by Gasteiger charge is -2.08. The Bertz CT molecular complexity index is 884. The number of amides is 1. The number of halogens is 1. The molecule has 1 amide bonds. The number of methoxy groups -OCH3 is 1. The van der Waals surface area contributed by atoms with Gasteiger partial charge in [-0.05, 0) is 42.5 Å². The van der Waals surface area contributed by atoms with Gasteiger partial charge in [-0.1, -0.05) is 17.7 Å². The van der Waals surface area contributed by atoms with Crippen LogP contribution in [0.5, 0.6) is 5.75 Å². The summed E-state index contributed by atoms with van der Waals surface area (Å²) in [5.41, 5.74) is 1.64. The SMILES string of the molecule is COc1cccc(Nc2nccc(C(=O)Nc3ccc(Cl)cc3)n2)c1. The van der Waals surface area contributed by atoms with Crippen LogP contribution in [0.1, 0.15) is 10.5 Å². The summed E-state index contributed by atoms with van der Waals surface area (Å²) in [5, 5.41) is 6.41. The molecule has 0 radical (unpaired) electrons. The van der Waals surface area contributed by atoms with Crippen molar-refractivity contribution in [1.29, 1.82) is 0 Å². The van der Waals surface area contributed by atoms with Crippen molar-refractivity contribution in [2.45, 2.75) is 0 Å². The minimum atomic E-state index is -0.335. The van der Waals surface area contributed by atoms with Crippen LogP contribution in [-0.2, 0) is 0 Å². The molecule has 6 nitrogen and oxygen atoms in total. The number of hydrogen-bond donors (Lipinski definition) is 2. The molecule has 126 valence electrons. The molecule has 0 saturated heterocycles. The lowest BCUT2D eigenvalue weighted by Crippen LogP contribution is -2.14. The van der Waals surface area contributed by atoms with Gasteiger partial charge in [0.2, 0.25) is 5.95 Å². The van der Waals surface area contributed by atoms with E-state index in [1.165, 1.54) is 6.20 Å². The van der Waals surface area contributed by atoms with Crippen LogP contribution in [0, 0.1) is 0 Å². The predicted molar refractivity (Wildman–Crippen MR) is 97.7 cm³/mol. The first-order chi connectivity index (χ1) is 12.1. The maximum Gasteiger partial charge on any atom is 0.274 e. The number of nitrogens with one attached hydrogen (secondary N) is 2. The minimum Gasteiger partial charge on any atom is -0.497 e. The average Bonchev–Trinajstić information content (AvgIpc) is 2.64. The van der Waals surface area contributed by atoms with E-state index in [0.29, 0.717) is 22.4 Å². The lowest BCUT2D eigenvalue weighted by atomic mass is 10.3. The fourth-order valence-corrected chi connectivity index (χ4v) is 2.23. The molecule has 3 aromatic rings. The van der Waals surface area contributed by atoms with Crippen molar-refractivity contribution in [3.8, 4) is 5.75 Å². The first-order valence-electron chi connectivity index (χ1n) is 7.45. The molecular weight excluding hydrogens is 340 g/mol. The third-order valence-corrected chi connectivity index (χ3v) is 3.57. The van der Waals surface area contributed by atoms with E-state index in [1.807, 2.05) is 24.3 Å². The van der Waals surface area contributed by atoms with Gasteiger partial charge >= 0.3 is 0 Å². The molecule has 3 rings (SSSR count). The van der Waals surface area contributed by atoms with Crippen molar-refractivity contribution in [1.82, 2.24) is 9.97 Å². The Balaban J connectivity index is 1.74. The molecule has 0 atom stereocenters. The maximum atomic E-state index is 12.3. The van der Waals surface area contributed by atoms with Gasteiger partial charge in [0.05, 0.1) is 7.11 Å². The fourth-order valence-electron chi connectivity index (χ4n) is 2.10. The zero-order valence-corrected chi connectivity index (χ0v) is 14.1. The molecular formula is C18H15ClN4O2. The molecule has 7 heteroatoms. The molecule has 0 bridgehead atoms. The molecule has 0 saturated carbocycles. The second-order valence-electron chi connectivity index (χ2n) is 5.08. The lowest BCUT2D eigenvalue weighted by molar-refractivity contribution is 0.102. The third kappa shape index (κ3) is 4.45. The van der Waals surface area contributed by atoms with E-state index in [-0.39, 0.29) is 11.6 Å². The van der Waals surface area contributed by atoms with Crippen molar-refractivity contribution in [3.63, 3.8) is 0 Å². The Labute approximate surface area is 149 Å². The van der Waals surface area contributed by atoms with Crippen molar-refractivity contribution in [2.24, 2.45) is 0 Å². The van der Waals surface area contributed by atoms with Gasteiger partial charge in [-0.2, -0.15) is 0 Å². The minimum absolute atomic E-state index is 0.246. The maximum absolute atomic E-state index is 12.3. The molecule has 1 aromatic heterocycles. The van der Waals surface area contributed by atoms with Gasteiger partial charge in [0, 0.05) is 28.7 Å². The first kappa shape index (κ1) is 16.7. The van der Waals surface area contributed by atoms with Gasteiger partial charge in [-0.3, -0.25) is 4.79 Å². The van der Waals surface area contributed by atoms with Gasteiger partial charge in [-0.15, -0.1) is 0 Å². The summed E-state index contributed by atoms with van der Waals surface area (Å²) < 4.78 is 5.17. The van der Waals surface area contributed by atoms with Crippen LogP contribution in [0.2, 0.25) is 5.02 Å². The predicted octanol–water partition coefficient (Wildman–Crippen LogP) is 4.13. The normalized spacial score (nSPS) is 10.2. The van der Waals surface area contributed by atoms with E-state index >= 15 is 0 Å². The van der Waals surface area contributed by atoms with E-state index in [9.17, 15) is 4.79 Å². The molecule has 25 heavy (non-hydrogen) atoms. The summed E-state index contributed by atoms with van der Waals surface area (Å²) in [6, 6.07) is 15.7. The number of ether oxygens (including phenoxy) is 1. The van der Waals surface area contributed by atoms with Crippen LogP contribution in [0.25, 0.3) is 0 Å².